The molecule has 0 atom stereocenters. The highest BCUT2D eigenvalue weighted by Gasteiger charge is 2.03. The molecular weight excluding hydrogens is 218 g/mol. The SMILES string of the molecule is CCCNC(=O)Nc1cccc(/C(C)=N/O)c1. The lowest BCUT2D eigenvalue weighted by molar-refractivity contribution is 0.252. The van der Waals surface area contributed by atoms with E-state index < -0.39 is 0 Å². The zero-order valence-corrected chi connectivity index (χ0v) is 10.0. The molecule has 1 aromatic carbocycles. The van der Waals surface area contributed by atoms with Crippen LogP contribution in [0, 0.1) is 0 Å². The Bertz CT molecular complexity index is 416. The maximum absolute atomic E-state index is 11.4. The van der Waals surface area contributed by atoms with Gasteiger partial charge in [-0.1, -0.05) is 24.2 Å². The first kappa shape index (κ1) is 13.0. The monoisotopic (exact) mass is 235 g/mol. The number of nitrogens with zero attached hydrogens (tertiary/aromatic N) is 1. The van der Waals surface area contributed by atoms with E-state index in [1.165, 1.54) is 0 Å². The van der Waals surface area contributed by atoms with Gasteiger partial charge in [-0.05, 0) is 25.5 Å². The maximum Gasteiger partial charge on any atom is 0.319 e. The summed E-state index contributed by atoms with van der Waals surface area (Å²) in [6, 6.07) is 6.90. The molecular formula is C12H17N3O2. The lowest BCUT2D eigenvalue weighted by Gasteiger charge is -2.07. The molecule has 17 heavy (non-hydrogen) atoms. The van der Waals surface area contributed by atoms with Crippen molar-refractivity contribution in [3.05, 3.63) is 29.8 Å². The molecule has 5 nitrogen and oxygen atoms in total. The third kappa shape index (κ3) is 4.14. The van der Waals surface area contributed by atoms with Crippen LogP contribution in [0.15, 0.2) is 29.4 Å². The Morgan fingerprint density at radius 2 is 2.24 bits per heavy atom. The third-order valence-corrected chi connectivity index (χ3v) is 2.22. The largest absolute Gasteiger partial charge is 0.411 e. The van der Waals surface area contributed by atoms with Crippen molar-refractivity contribution < 1.29 is 10.0 Å². The van der Waals surface area contributed by atoms with Gasteiger partial charge in [0.1, 0.15) is 0 Å². The fourth-order valence-corrected chi connectivity index (χ4v) is 1.29. The van der Waals surface area contributed by atoms with Gasteiger partial charge in [0, 0.05) is 17.8 Å². The highest BCUT2D eigenvalue weighted by Crippen LogP contribution is 2.11. The highest BCUT2D eigenvalue weighted by atomic mass is 16.4. The Hall–Kier alpha value is -2.04. The van der Waals surface area contributed by atoms with Crippen LogP contribution in [0.25, 0.3) is 0 Å². The van der Waals surface area contributed by atoms with Gasteiger partial charge >= 0.3 is 6.03 Å². The Kier molecular flexibility index (Phi) is 5.00. The average molecular weight is 235 g/mol. The molecule has 92 valence electrons. The normalized spacial score (nSPS) is 11.1. The predicted molar refractivity (Wildman–Crippen MR) is 67.8 cm³/mol. The quantitative estimate of drug-likeness (QED) is 0.426. The number of hydrogen-bond acceptors (Lipinski definition) is 3. The summed E-state index contributed by atoms with van der Waals surface area (Å²) in [6.45, 7) is 4.32. The van der Waals surface area contributed by atoms with Gasteiger partial charge in [-0.3, -0.25) is 0 Å². The van der Waals surface area contributed by atoms with Crippen molar-refractivity contribution in [2.75, 3.05) is 11.9 Å². The second-order valence-corrected chi connectivity index (χ2v) is 3.65. The lowest BCUT2D eigenvalue weighted by Crippen LogP contribution is -2.29. The van der Waals surface area contributed by atoms with E-state index in [1.54, 1.807) is 25.1 Å². The van der Waals surface area contributed by atoms with Crippen LogP contribution in [-0.2, 0) is 0 Å². The number of urea groups is 1. The molecule has 0 aliphatic heterocycles. The predicted octanol–water partition coefficient (Wildman–Crippen LogP) is 2.42. The molecule has 0 saturated carbocycles. The summed E-state index contributed by atoms with van der Waals surface area (Å²) in [4.78, 5) is 11.4. The van der Waals surface area contributed by atoms with Crippen LogP contribution in [0.5, 0.6) is 0 Å². The van der Waals surface area contributed by atoms with E-state index in [0.717, 1.165) is 12.0 Å². The molecule has 0 aliphatic rings. The van der Waals surface area contributed by atoms with E-state index in [-0.39, 0.29) is 6.03 Å². The summed E-state index contributed by atoms with van der Waals surface area (Å²) in [5, 5.41) is 17.2. The number of carbonyl (C=O) groups is 1. The Morgan fingerprint density at radius 3 is 2.88 bits per heavy atom. The molecule has 0 fully saturated rings. The lowest BCUT2D eigenvalue weighted by atomic mass is 10.1. The molecule has 0 bridgehead atoms. The van der Waals surface area contributed by atoms with Gasteiger partial charge in [0.2, 0.25) is 0 Å². The van der Waals surface area contributed by atoms with Gasteiger partial charge in [0.25, 0.3) is 0 Å². The van der Waals surface area contributed by atoms with Gasteiger partial charge in [0.15, 0.2) is 0 Å². The topological polar surface area (TPSA) is 73.7 Å². The molecule has 1 aromatic rings. The van der Waals surface area contributed by atoms with Crippen LogP contribution >= 0.6 is 0 Å². The summed E-state index contributed by atoms with van der Waals surface area (Å²) in [5.74, 6) is 0. The number of oxime groups is 1. The number of hydrogen-bond donors (Lipinski definition) is 3. The minimum Gasteiger partial charge on any atom is -0.411 e. The van der Waals surface area contributed by atoms with Crippen molar-refractivity contribution in [1.29, 1.82) is 0 Å². The molecule has 0 aromatic heterocycles. The van der Waals surface area contributed by atoms with E-state index in [2.05, 4.69) is 15.8 Å². The van der Waals surface area contributed by atoms with E-state index in [4.69, 9.17) is 5.21 Å². The first-order chi connectivity index (χ1) is 8.17. The van der Waals surface area contributed by atoms with E-state index in [1.807, 2.05) is 13.0 Å². The van der Waals surface area contributed by atoms with Crippen LogP contribution in [0.2, 0.25) is 0 Å². The van der Waals surface area contributed by atoms with Crippen LogP contribution in [0.3, 0.4) is 0 Å². The van der Waals surface area contributed by atoms with Crippen molar-refractivity contribution in [3.8, 4) is 0 Å². The Balaban J connectivity index is 2.69. The van der Waals surface area contributed by atoms with Gasteiger partial charge in [0.05, 0.1) is 5.71 Å². The molecule has 0 spiro atoms. The van der Waals surface area contributed by atoms with Gasteiger partial charge in [-0.2, -0.15) is 0 Å². The summed E-state index contributed by atoms with van der Waals surface area (Å²) in [5.41, 5.74) is 1.93. The number of rotatable bonds is 4. The Morgan fingerprint density at radius 1 is 1.47 bits per heavy atom. The van der Waals surface area contributed by atoms with E-state index in [0.29, 0.717) is 17.9 Å². The summed E-state index contributed by atoms with van der Waals surface area (Å²) >= 11 is 0. The van der Waals surface area contributed by atoms with Crippen LogP contribution < -0.4 is 10.6 Å². The average Bonchev–Trinajstić information content (AvgIpc) is 2.35. The minimum absolute atomic E-state index is 0.234. The second kappa shape index (κ2) is 6.52. The molecule has 2 amide bonds. The zero-order chi connectivity index (χ0) is 12.7. The molecule has 1 rings (SSSR count). The first-order valence-electron chi connectivity index (χ1n) is 5.51. The smallest absolute Gasteiger partial charge is 0.319 e. The molecule has 0 unspecified atom stereocenters. The standard InChI is InChI=1S/C12H17N3O2/c1-3-7-13-12(16)14-11-6-4-5-10(8-11)9(2)15-17/h4-6,8,17H,3,7H2,1-2H3,(H2,13,14,16)/b15-9+. The van der Waals surface area contributed by atoms with Crippen molar-refractivity contribution in [3.63, 3.8) is 0 Å². The number of amides is 2. The fourth-order valence-electron chi connectivity index (χ4n) is 1.29. The van der Waals surface area contributed by atoms with Crippen molar-refractivity contribution >= 4 is 17.4 Å². The minimum atomic E-state index is -0.234. The third-order valence-electron chi connectivity index (χ3n) is 2.22. The number of nitrogens with one attached hydrogen (secondary N) is 2. The van der Waals surface area contributed by atoms with E-state index >= 15 is 0 Å². The second-order valence-electron chi connectivity index (χ2n) is 3.65. The van der Waals surface area contributed by atoms with Gasteiger partial charge in [-0.25, -0.2) is 4.79 Å². The fraction of sp³-hybridized carbons (Fsp3) is 0.333. The van der Waals surface area contributed by atoms with Crippen LogP contribution in [0.4, 0.5) is 10.5 Å². The van der Waals surface area contributed by atoms with Crippen molar-refractivity contribution in [1.82, 2.24) is 5.32 Å². The Labute approximate surface area is 101 Å². The molecule has 0 radical (unpaired) electrons. The van der Waals surface area contributed by atoms with E-state index in [9.17, 15) is 4.79 Å². The number of benzene rings is 1. The zero-order valence-electron chi connectivity index (χ0n) is 10.0. The van der Waals surface area contributed by atoms with Crippen LogP contribution in [0.1, 0.15) is 25.8 Å². The molecule has 0 heterocycles. The highest BCUT2D eigenvalue weighted by molar-refractivity contribution is 6.00. The van der Waals surface area contributed by atoms with Crippen LogP contribution in [-0.4, -0.2) is 23.5 Å². The molecule has 0 aliphatic carbocycles. The van der Waals surface area contributed by atoms with Crippen molar-refractivity contribution in [2.24, 2.45) is 5.16 Å². The first-order valence-corrected chi connectivity index (χ1v) is 5.51. The number of anilines is 1. The van der Waals surface area contributed by atoms with Gasteiger partial charge < -0.3 is 15.8 Å². The van der Waals surface area contributed by atoms with Gasteiger partial charge in [-0.15, -0.1) is 0 Å². The summed E-state index contributed by atoms with van der Waals surface area (Å²) in [7, 11) is 0. The number of carbonyl (C=O) groups excluding carboxylic acids is 1. The summed E-state index contributed by atoms with van der Waals surface area (Å²) in [6.07, 6.45) is 0.893. The molecule has 5 heteroatoms. The molecule has 0 saturated heterocycles. The molecule has 3 N–H and O–H groups in total. The maximum atomic E-state index is 11.4. The van der Waals surface area contributed by atoms with Crippen molar-refractivity contribution in [2.45, 2.75) is 20.3 Å². The summed E-state index contributed by atoms with van der Waals surface area (Å²) < 4.78 is 0.